The van der Waals surface area contributed by atoms with E-state index in [9.17, 15) is 19.8 Å². The van der Waals surface area contributed by atoms with Crippen LogP contribution in [0.15, 0.2) is 42.6 Å². The van der Waals surface area contributed by atoms with Gasteiger partial charge in [-0.3, -0.25) is 9.59 Å². The highest BCUT2D eigenvalue weighted by molar-refractivity contribution is 5.97. The number of benzene rings is 1. The number of rotatable bonds is 6. The number of ether oxygens (including phenoxy) is 1. The van der Waals surface area contributed by atoms with Crippen molar-refractivity contribution in [2.24, 2.45) is 5.92 Å². The molecule has 0 radical (unpaired) electrons. The van der Waals surface area contributed by atoms with Gasteiger partial charge >= 0.3 is 0 Å². The molecule has 8 heteroatoms. The van der Waals surface area contributed by atoms with Gasteiger partial charge in [0.05, 0.1) is 25.6 Å². The zero-order valence-electron chi connectivity index (χ0n) is 22.4. The fraction of sp³-hybridized carbons (Fsp3) is 0.500. The highest BCUT2D eigenvalue weighted by Crippen LogP contribution is 2.30. The summed E-state index contributed by atoms with van der Waals surface area (Å²) in [5.41, 5.74) is 0.704. The maximum absolute atomic E-state index is 13.6. The van der Waals surface area contributed by atoms with Crippen molar-refractivity contribution in [3.05, 3.63) is 59.3 Å². The van der Waals surface area contributed by atoms with Gasteiger partial charge in [-0.25, -0.2) is 4.98 Å². The zero-order valence-corrected chi connectivity index (χ0v) is 22.4. The number of amides is 2. The van der Waals surface area contributed by atoms with Crippen molar-refractivity contribution in [1.82, 2.24) is 14.8 Å². The normalized spacial score (nSPS) is 21.3. The Kier molecular flexibility index (Phi) is 8.70. The summed E-state index contributed by atoms with van der Waals surface area (Å²) < 4.78 is 6.29. The topological polar surface area (TPSA) is 103 Å². The first-order valence-electron chi connectivity index (χ1n) is 13.3. The third kappa shape index (κ3) is 6.53. The Labute approximate surface area is 224 Å². The van der Waals surface area contributed by atoms with Crippen molar-refractivity contribution in [3.8, 4) is 17.7 Å². The third-order valence-electron chi connectivity index (χ3n) is 7.47. The Hall–Kier alpha value is -3.41. The largest absolute Gasteiger partial charge is 0.472 e. The molecule has 2 N–H and O–H groups in total. The van der Waals surface area contributed by atoms with Crippen LogP contribution in [-0.4, -0.2) is 81.3 Å². The van der Waals surface area contributed by atoms with E-state index in [2.05, 4.69) is 16.8 Å². The second-order valence-corrected chi connectivity index (χ2v) is 10.6. The lowest BCUT2D eigenvalue weighted by atomic mass is 9.99. The second-order valence-electron chi connectivity index (χ2n) is 10.6. The summed E-state index contributed by atoms with van der Waals surface area (Å²) in [4.78, 5) is 34.2. The molecule has 0 spiro atoms. The summed E-state index contributed by atoms with van der Waals surface area (Å²) in [7, 11) is 1.75. The Morgan fingerprint density at radius 1 is 1.29 bits per heavy atom. The van der Waals surface area contributed by atoms with Crippen molar-refractivity contribution in [3.63, 3.8) is 0 Å². The second kappa shape index (κ2) is 12.0. The number of aliphatic hydroxyl groups excluding tert-OH is 1. The lowest BCUT2D eigenvalue weighted by Gasteiger charge is -2.37. The highest BCUT2D eigenvalue weighted by Gasteiger charge is 2.35. The molecule has 202 valence electrons. The molecular weight excluding hydrogens is 482 g/mol. The van der Waals surface area contributed by atoms with Crippen LogP contribution in [0.25, 0.3) is 0 Å². The van der Waals surface area contributed by atoms with Crippen LogP contribution in [0.2, 0.25) is 0 Å². The first kappa shape index (κ1) is 27.6. The van der Waals surface area contributed by atoms with E-state index in [0.717, 1.165) is 18.4 Å². The van der Waals surface area contributed by atoms with Crippen LogP contribution in [0.1, 0.15) is 61.0 Å². The number of aliphatic hydroxyl groups is 2. The van der Waals surface area contributed by atoms with E-state index in [4.69, 9.17) is 4.74 Å². The van der Waals surface area contributed by atoms with Crippen molar-refractivity contribution in [2.45, 2.75) is 63.7 Å². The summed E-state index contributed by atoms with van der Waals surface area (Å²) in [6.45, 7) is 4.25. The minimum atomic E-state index is -1.00. The number of carbonyl (C=O) groups is 2. The molecule has 1 aromatic heterocycles. The molecule has 1 aliphatic carbocycles. The molecule has 8 nitrogen and oxygen atoms in total. The lowest BCUT2D eigenvalue weighted by molar-refractivity contribution is -0.130. The summed E-state index contributed by atoms with van der Waals surface area (Å²) in [5, 5.41) is 20.5. The van der Waals surface area contributed by atoms with Gasteiger partial charge in [-0.1, -0.05) is 49.1 Å². The van der Waals surface area contributed by atoms with E-state index >= 15 is 0 Å². The smallest absolute Gasteiger partial charge is 0.259 e. The molecule has 2 amide bonds. The van der Waals surface area contributed by atoms with Crippen LogP contribution in [0.3, 0.4) is 0 Å². The molecule has 0 unspecified atom stereocenters. The van der Waals surface area contributed by atoms with Crippen LogP contribution in [0.4, 0.5) is 0 Å². The molecule has 2 aliphatic rings. The lowest BCUT2D eigenvalue weighted by Crippen LogP contribution is -2.50. The van der Waals surface area contributed by atoms with Gasteiger partial charge in [0, 0.05) is 31.3 Å². The fourth-order valence-corrected chi connectivity index (χ4v) is 4.94. The summed E-state index contributed by atoms with van der Waals surface area (Å²) in [6.07, 6.45) is 4.56. The molecule has 38 heavy (non-hydrogen) atoms. The van der Waals surface area contributed by atoms with Crippen LogP contribution < -0.4 is 4.74 Å². The number of fused-ring (bicyclic) bond motifs is 1. The Balaban J connectivity index is 1.60. The molecule has 0 saturated heterocycles. The monoisotopic (exact) mass is 519 g/mol. The summed E-state index contributed by atoms with van der Waals surface area (Å²) in [6, 6.07) is 10.8. The molecule has 1 aromatic carbocycles. The number of aromatic nitrogens is 1. The number of likely N-dealkylation sites (N-methyl/N-ethyl adjacent to an activating group) is 1. The van der Waals surface area contributed by atoms with E-state index in [1.54, 1.807) is 36.0 Å². The average Bonchev–Trinajstić information content (AvgIpc) is 3.36. The number of carbonyl (C=O) groups excluding carboxylic acids is 2. The zero-order chi connectivity index (χ0) is 27.3. The first-order chi connectivity index (χ1) is 18.2. The van der Waals surface area contributed by atoms with Gasteiger partial charge < -0.3 is 24.7 Å². The van der Waals surface area contributed by atoms with E-state index in [1.807, 2.05) is 37.3 Å². The molecular formula is C30H37N3O5. The number of hydrogen-bond donors (Lipinski definition) is 2. The van der Waals surface area contributed by atoms with Gasteiger partial charge in [0.25, 0.3) is 5.91 Å². The predicted molar refractivity (Wildman–Crippen MR) is 143 cm³/mol. The summed E-state index contributed by atoms with van der Waals surface area (Å²) in [5.74, 6) is 5.67. The van der Waals surface area contributed by atoms with Gasteiger partial charge in [0.15, 0.2) is 0 Å². The molecule has 1 saturated carbocycles. The van der Waals surface area contributed by atoms with E-state index < -0.39 is 17.7 Å². The van der Waals surface area contributed by atoms with Crippen molar-refractivity contribution in [1.29, 1.82) is 0 Å². The van der Waals surface area contributed by atoms with Gasteiger partial charge in [-0.15, -0.1) is 0 Å². The summed E-state index contributed by atoms with van der Waals surface area (Å²) >= 11 is 0. The highest BCUT2D eigenvalue weighted by atomic mass is 16.5. The average molecular weight is 520 g/mol. The SMILES string of the molecule is C[C@H]1CN([C@@H](C)CO)C(=O)c2cc(C#CC3(O)CCCC3)cnc2O[C@@H]1CN(C)C(=O)Cc1ccccc1. The van der Waals surface area contributed by atoms with Crippen molar-refractivity contribution in [2.75, 3.05) is 26.7 Å². The van der Waals surface area contributed by atoms with Crippen LogP contribution in [0.5, 0.6) is 5.88 Å². The van der Waals surface area contributed by atoms with Crippen molar-refractivity contribution >= 4 is 11.8 Å². The molecule has 2 heterocycles. The Morgan fingerprint density at radius 3 is 2.68 bits per heavy atom. The maximum atomic E-state index is 13.6. The molecule has 1 fully saturated rings. The Bertz CT molecular complexity index is 1200. The Morgan fingerprint density at radius 2 is 2.00 bits per heavy atom. The van der Waals surface area contributed by atoms with Crippen LogP contribution >= 0.6 is 0 Å². The number of nitrogens with zero attached hydrogens (tertiary/aromatic N) is 3. The molecule has 3 atom stereocenters. The predicted octanol–water partition coefficient (Wildman–Crippen LogP) is 2.66. The van der Waals surface area contributed by atoms with E-state index in [0.29, 0.717) is 31.5 Å². The van der Waals surface area contributed by atoms with Crippen LogP contribution in [-0.2, 0) is 11.2 Å². The van der Waals surface area contributed by atoms with Gasteiger partial charge in [0.2, 0.25) is 11.8 Å². The van der Waals surface area contributed by atoms with Gasteiger partial charge in [0.1, 0.15) is 17.3 Å². The van der Waals surface area contributed by atoms with Gasteiger partial charge in [-0.05, 0) is 44.2 Å². The number of hydrogen-bond acceptors (Lipinski definition) is 6. The standard InChI is InChI=1S/C30H37N3O5/c1-21-18-33(22(2)20-34)29(36)25-15-24(11-14-30(37)12-7-8-13-30)17-31-28(25)38-26(21)19-32(3)27(35)16-23-9-5-4-6-10-23/h4-6,9-10,15,17,21-22,26,34,37H,7-8,12-13,16,18-20H2,1-3H3/t21-,22-,26+/m0/s1. The molecule has 1 aliphatic heterocycles. The molecule has 4 rings (SSSR count). The third-order valence-corrected chi connectivity index (χ3v) is 7.47. The maximum Gasteiger partial charge on any atom is 0.259 e. The number of pyridine rings is 1. The fourth-order valence-electron chi connectivity index (χ4n) is 4.94. The molecule has 2 aromatic rings. The first-order valence-corrected chi connectivity index (χ1v) is 13.3. The minimum absolute atomic E-state index is 0.0330. The van der Waals surface area contributed by atoms with E-state index in [1.165, 1.54) is 0 Å². The van der Waals surface area contributed by atoms with Crippen molar-refractivity contribution < 1.29 is 24.5 Å². The molecule has 0 bridgehead atoms. The van der Waals surface area contributed by atoms with Gasteiger partial charge in [-0.2, -0.15) is 0 Å². The van der Waals surface area contributed by atoms with E-state index in [-0.39, 0.29) is 42.2 Å². The quantitative estimate of drug-likeness (QED) is 0.569. The minimum Gasteiger partial charge on any atom is -0.472 e. The van der Waals surface area contributed by atoms with Crippen LogP contribution in [0, 0.1) is 17.8 Å².